The molecule has 0 amide bonds. The molecule has 1 saturated carbocycles. The van der Waals surface area contributed by atoms with Crippen molar-refractivity contribution in [3.8, 4) is 0 Å². The molecule has 0 saturated heterocycles. The first-order chi connectivity index (χ1) is 8.77. The Labute approximate surface area is 110 Å². The van der Waals surface area contributed by atoms with Gasteiger partial charge in [-0.05, 0) is 19.8 Å². The van der Waals surface area contributed by atoms with Gasteiger partial charge in [0.15, 0.2) is 0 Å². The van der Waals surface area contributed by atoms with Gasteiger partial charge in [-0.25, -0.2) is 4.98 Å². The van der Waals surface area contributed by atoms with Gasteiger partial charge in [0.05, 0.1) is 17.6 Å². The fraction of sp³-hybridized carbons (Fsp3) is 0.733. The van der Waals surface area contributed by atoms with Gasteiger partial charge in [-0.3, -0.25) is 4.98 Å². The largest absolute Gasteiger partial charge is 0.382 e. The van der Waals surface area contributed by atoms with E-state index in [-0.39, 0.29) is 0 Å². The Morgan fingerprint density at radius 1 is 1.00 bits per heavy atom. The van der Waals surface area contributed by atoms with E-state index in [0.29, 0.717) is 11.7 Å². The SMILES string of the molecule is Cc1ncc(N)nc1C1CCCCCCCCC1. The Kier molecular flexibility index (Phi) is 4.97. The lowest BCUT2D eigenvalue weighted by molar-refractivity contribution is 0.455. The van der Waals surface area contributed by atoms with E-state index in [2.05, 4.69) is 16.9 Å². The summed E-state index contributed by atoms with van der Waals surface area (Å²) < 4.78 is 0. The maximum Gasteiger partial charge on any atom is 0.142 e. The molecule has 2 rings (SSSR count). The highest BCUT2D eigenvalue weighted by Crippen LogP contribution is 2.30. The molecule has 1 aromatic heterocycles. The van der Waals surface area contributed by atoms with Crippen LogP contribution in [-0.2, 0) is 0 Å². The lowest BCUT2D eigenvalue weighted by Crippen LogP contribution is -2.08. The first kappa shape index (κ1) is 13.3. The number of rotatable bonds is 1. The third-order valence-corrected chi connectivity index (χ3v) is 4.00. The van der Waals surface area contributed by atoms with Crippen molar-refractivity contribution in [1.29, 1.82) is 0 Å². The maximum absolute atomic E-state index is 5.79. The maximum atomic E-state index is 5.79. The standard InChI is InChI=1S/C15H25N3/c1-12-15(18-14(16)11-17-12)13-9-7-5-3-2-4-6-8-10-13/h11,13H,2-10H2,1H3,(H2,16,18). The zero-order valence-electron chi connectivity index (χ0n) is 11.5. The van der Waals surface area contributed by atoms with E-state index in [1.54, 1.807) is 6.20 Å². The zero-order valence-corrected chi connectivity index (χ0v) is 11.5. The molecule has 0 atom stereocenters. The summed E-state index contributed by atoms with van der Waals surface area (Å²) in [4.78, 5) is 8.90. The Bertz CT molecular complexity index is 366. The Balaban J connectivity index is 2.09. The number of hydrogen-bond acceptors (Lipinski definition) is 3. The van der Waals surface area contributed by atoms with Gasteiger partial charge in [0, 0.05) is 5.92 Å². The first-order valence-corrected chi connectivity index (χ1v) is 7.36. The molecule has 0 radical (unpaired) electrons. The van der Waals surface area contributed by atoms with Gasteiger partial charge in [0.25, 0.3) is 0 Å². The molecule has 1 fully saturated rings. The van der Waals surface area contributed by atoms with Crippen LogP contribution in [0.2, 0.25) is 0 Å². The third kappa shape index (κ3) is 3.69. The van der Waals surface area contributed by atoms with Gasteiger partial charge < -0.3 is 5.73 Å². The van der Waals surface area contributed by atoms with Gasteiger partial charge in [-0.1, -0.05) is 44.9 Å². The Morgan fingerprint density at radius 2 is 1.56 bits per heavy atom. The average molecular weight is 247 g/mol. The van der Waals surface area contributed by atoms with Gasteiger partial charge in [0.1, 0.15) is 5.82 Å². The van der Waals surface area contributed by atoms with E-state index in [1.165, 1.54) is 57.8 Å². The fourth-order valence-corrected chi connectivity index (χ4v) is 2.95. The van der Waals surface area contributed by atoms with E-state index in [9.17, 15) is 0 Å². The summed E-state index contributed by atoms with van der Waals surface area (Å²) in [5.41, 5.74) is 8.00. The van der Waals surface area contributed by atoms with Gasteiger partial charge >= 0.3 is 0 Å². The predicted molar refractivity (Wildman–Crippen MR) is 75.5 cm³/mol. The molecule has 2 N–H and O–H groups in total. The van der Waals surface area contributed by atoms with Crippen LogP contribution in [0.15, 0.2) is 6.20 Å². The molecule has 100 valence electrons. The van der Waals surface area contributed by atoms with Crippen molar-refractivity contribution >= 4 is 5.82 Å². The fourth-order valence-electron chi connectivity index (χ4n) is 2.95. The van der Waals surface area contributed by atoms with E-state index in [1.807, 2.05) is 0 Å². The van der Waals surface area contributed by atoms with Gasteiger partial charge in [-0.15, -0.1) is 0 Å². The molecule has 0 unspecified atom stereocenters. The minimum absolute atomic E-state index is 0.563. The summed E-state index contributed by atoms with van der Waals surface area (Å²) in [6.07, 6.45) is 13.7. The third-order valence-electron chi connectivity index (χ3n) is 4.00. The number of nitrogens with two attached hydrogens (primary N) is 1. The van der Waals surface area contributed by atoms with Crippen LogP contribution in [0.1, 0.15) is 75.1 Å². The number of anilines is 1. The molecule has 18 heavy (non-hydrogen) atoms. The summed E-state index contributed by atoms with van der Waals surface area (Å²) in [7, 11) is 0. The van der Waals surface area contributed by atoms with Crippen LogP contribution in [0.25, 0.3) is 0 Å². The molecule has 3 heteroatoms. The van der Waals surface area contributed by atoms with Gasteiger partial charge in [0.2, 0.25) is 0 Å². The number of nitrogens with zero attached hydrogens (tertiary/aromatic N) is 2. The summed E-state index contributed by atoms with van der Waals surface area (Å²) in [5.74, 6) is 1.13. The average Bonchev–Trinajstić information content (AvgIpc) is 2.39. The van der Waals surface area contributed by atoms with E-state index >= 15 is 0 Å². The quantitative estimate of drug-likeness (QED) is 0.816. The molecule has 0 spiro atoms. The number of hydrogen-bond donors (Lipinski definition) is 1. The molecule has 0 bridgehead atoms. The number of nitrogen functional groups attached to an aromatic ring is 1. The number of aryl methyl sites for hydroxylation is 1. The summed E-state index contributed by atoms with van der Waals surface area (Å²) in [6.45, 7) is 2.06. The lowest BCUT2D eigenvalue weighted by Gasteiger charge is -2.19. The molecule has 0 aliphatic heterocycles. The lowest BCUT2D eigenvalue weighted by atomic mass is 9.89. The summed E-state index contributed by atoms with van der Waals surface area (Å²) in [5, 5.41) is 0. The molecule has 1 aliphatic rings. The van der Waals surface area contributed by atoms with Crippen LogP contribution >= 0.6 is 0 Å². The van der Waals surface area contributed by atoms with Crippen molar-refractivity contribution in [3.05, 3.63) is 17.6 Å². The van der Waals surface area contributed by atoms with Crippen LogP contribution in [0.4, 0.5) is 5.82 Å². The second-order valence-corrected chi connectivity index (χ2v) is 5.51. The topological polar surface area (TPSA) is 51.8 Å². The van der Waals surface area contributed by atoms with Crippen molar-refractivity contribution in [2.24, 2.45) is 0 Å². The molecule has 3 nitrogen and oxygen atoms in total. The molecule has 1 heterocycles. The second kappa shape index (κ2) is 6.72. The minimum Gasteiger partial charge on any atom is -0.382 e. The summed E-state index contributed by atoms with van der Waals surface area (Å²) in [6, 6.07) is 0. The Hall–Kier alpha value is -1.12. The molecular formula is C15H25N3. The molecule has 0 aromatic carbocycles. The molecule has 1 aromatic rings. The van der Waals surface area contributed by atoms with Crippen LogP contribution in [0, 0.1) is 6.92 Å². The van der Waals surface area contributed by atoms with Crippen molar-refractivity contribution in [3.63, 3.8) is 0 Å². The monoisotopic (exact) mass is 247 g/mol. The van der Waals surface area contributed by atoms with E-state index in [0.717, 1.165) is 11.4 Å². The van der Waals surface area contributed by atoms with E-state index in [4.69, 9.17) is 5.73 Å². The predicted octanol–water partition coefficient (Wildman–Crippen LogP) is 3.98. The first-order valence-electron chi connectivity index (χ1n) is 7.36. The van der Waals surface area contributed by atoms with E-state index < -0.39 is 0 Å². The van der Waals surface area contributed by atoms with Crippen molar-refractivity contribution in [2.45, 2.75) is 70.6 Å². The summed E-state index contributed by atoms with van der Waals surface area (Å²) >= 11 is 0. The zero-order chi connectivity index (χ0) is 12.8. The van der Waals surface area contributed by atoms with Crippen molar-refractivity contribution in [1.82, 2.24) is 9.97 Å². The highest BCUT2D eigenvalue weighted by Gasteiger charge is 2.17. The Morgan fingerprint density at radius 3 is 2.17 bits per heavy atom. The van der Waals surface area contributed by atoms with Crippen LogP contribution in [0.3, 0.4) is 0 Å². The number of aromatic nitrogens is 2. The van der Waals surface area contributed by atoms with Crippen LogP contribution in [-0.4, -0.2) is 9.97 Å². The molecular weight excluding hydrogens is 222 g/mol. The van der Waals surface area contributed by atoms with Gasteiger partial charge in [-0.2, -0.15) is 0 Å². The molecule has 1 aliphatic carbocycles. The van der Waals surface area contributed by atoms with Crippen molar-refractivity contribution in [2.75, 3.05) is 5.73 Å². The highest BCUT2D eigenvalue weighted by atomic mass is 14.9. The second-order valence-electron chi connectivity index (χ2n) is 5.51. The smallest absolute Gasteiger partial charge is 0.142 e. The minimum atomic E-state index is 0.563. The highest BCUT2D eigenvalue weighted by molar-refractivity contribution is 5.28. The van der Waals surface area contributed by atoms with Crippen molar-refractivity contribution < 1.29 is 0 Å². The van der Waals surface area contributed by atoms with Crippen LogP contribution < -0.4 is 5.73 Å². The van der Waals surface area contributed by atoms with Crippen LogP contribution in [0.5, 0.6) is 0 Å². The normalized spacial score (nSPS) is 19.6.